The van der Waals surface area contributed by atoms with Gasteiger partial charge >= 0.3 is 5.97 Å². The maximum atomic E-state index is 11.9. The molecule has 0 bridgehead atoms. The lowest BCUT2D eigenvalue weighted by Gasteiger charge is -2.11. The third kappa shape index (κ3) is 4.37. The van der Waals surface area contributed by atoms with Gasteiger partial charge in [0.2, 0.25) is 0 Å². The van der Waals surface area contributed by atoms with Gasteiger partial charge in [0.25, 0.3) is 5.91 Å². The van der Waals surface area contributed by atoms with Crippen LogP contribution < -0.4 is 14.8 Å². The zero-order valence-corrected chi connectivity index (χ0v) is 13.0. The molecule has 2 aromatic carbocycles. The molecule has 0 aliphatic heterocycles. The van der Waals surface area contributed by atoms with Crippen LogP contribution in [0.25, 0.3) is 0 Å². The summed E-state index contributed by atoms with van der Waals surface area (Å²) in [6.45, 7) is -0.347. The Bertz CT molecular complexity index is 732. The fraction of sp³-hybridized carbons (Fsp3) is 0.125. The molecule has 2 N–H and O–H groups in total. The van der Waals surface area contributed by atoms with E-state index in [2.05, 4.69) is 5.32 Å². The van der Waals surface area contributed by atoms with Crippen LogP contribution in [-0.2, 0) is 4.79 Å². The number of methoxy groups -OCH3 is 1. The van der Waals surface area contributed by atoms with Crippen LogP contribution in [0.2, 0.25) is 5.02 Å². The number of carbonyl (C=O) groups is 2. The molecule has 1 amide bonds. The number of carboxylic acid groups (broad SMARTS) is 1. The number of benzene rings is 2. The van der Waals surface area contributed by atoms with Crippen molar-refractivity contribution in [3.8, 4) is 11.5 Å². The second-order valence-electron chi connectivity index (χ2n) is 4.48. The average Bonchev–Trinajstić information content (AvgIpc) is 2.54. The van der Waals surface area contributed by atoms with Crippen molar-refractivity contribution in [2.45, 2.75) is 0 Å². The molecule has 0 saturated carbocycles. The maximum Gasteiger partial charge on any atom is 0.339 e. The Kier molecular flexibility index (Phi) is 5.43. The second kappa shape index (κ2) is 7.51. The molecule has 6 nitrogen and oxygen atoms in total. The van der Waals surface area contributed by atoms with Crippen molar-refractivity contribution in [2.75, 3.05) is 19.0 Å². The minimum Gasteiger partial charge on any atom is -0.495 e. The van der Waals surface area contributed by atoms with E-state index in [1.807, 2.05) is 0 Å². The van der Waals surface area contributed by atoms with Gasteiger partial charge in [-0.05, 0) is 30.3 Å². The number of nitrogens with one attached hydrogen (secondary N) is 1. The van der Waals surface area contributed by atoms with Crippen molar-refractivity contribution >= 4 is 29.2 Å². The highest BCUT2D eigenvalue weighted by molar-refractivity contribution is 6.31. The summed E-state index contributed by atoms with van der Waals surface area (Å²) in [5.41, 5.74) is 0.390. The van der Waals surface area contributed by atoms with Gasteiger partial charge in [-0.1, -0.05) is 23.7 Å². The lowest BCUT2D eigenvalue weighted by molar-refractivity contribution is -0.118. The zero-order valence-electron chi connectivity index (χ0n) is 12.2. The Labute approximate surface area is 137 Å². The predicted molar refractivity (Wildman–Crippen MR) is 85.5 cm³/mol. The molecule has 0 saturated heterocycles. The van der Waals surface area contributed by atoms with E-state index in [0.29, 0.717) is 11.4 Å². The van der Waals surface area contributed by atoms with Crippen LogP contribution in [-0.4, -0.2) is 30.7 Å². The van der Waals surface area contributed by atoms with E-state index >= 15 is 0 Å². The summed E-state index contributed by atoms with van der Waals surface area (Å²) < 4.78 is 10.4. The highest BCUT2D eigenvalue weighted by Crippen LogP contribution is 2.24. The molecule has 0 aromatic heterocycles. The van der Waals surface area contributed by atoms with E-state index in [4.69, 9.17) is 26.2 Å². The number of anilines is 1. The molecule has 2 aromatic rings. The molecule has 23 heavy (non-hydrogen) atoms. The number of amides is 1. The first-order valence-corrected chi connectivity index (χ1v) is 6.97. The van der Waals surface area contributed by atoms with Crippen LogP contribution >= 0.6 is 11.6 Å². The molecule has 0 aliphatic rings. The van der Waals surface area contributed by atoms with Crippen LogP contribution in [0, 0.1) is 0 Å². The Morgan fingerprint density at radius 2 is 1.91 bits per heavy atom. The summed E-state index contributed by atoms with van der Waals surface area (Å²) in [7, 11) is 1.49. The lowest BCUT2D eigenvalue weighted by atomic mass is 10.2. The van der Waals surface area contributed by atoms with Gasteiger partial charge in [0.15, 0.2) is 6.61 Å². The average molecular weight is 336 g/mol. The van der Waals surface area contributed by atoms with Gasteiger partial charge < -0.3 is 19.9 Å². The standard InChI is InChI=1S/C16H14ClNO5/c1-22-14-5-3-2-4-12(14)18-15(19)9-23-13-7-6-10(17)8-11(13)16(20)21/h2-8H,9H2,1H3,(H,18,19)(H,20,21). The van der Waals surface area contributed by atoms with Crippen LogP contribution in [0.4, 0.5) is 5.69 Å². The minimum atomic E-state index is -1.19. The molecular formula is C16H14ClNO5. The summed E-state index contributed by atoms with van der Waals surface area (Å²) in [5.74, 6) is -1.05. The Hall–Kier alpha value is -2.73. The molecule has 0 aliphatic carbocycles. The molecule has 0 atom stereocenters. The van der Waals surface area contributed by atoms with E-state index in [0.717, 1.165) is 0 Å². The largest absolute Gasteiger partial charge is 0.495 e. The van der Waals surface area contributed by atoms with Crippen LogP contribution in [0.5, 0.6) is 11.5 Å². The molecule has 0 radical (unpaired) electrons. The monoisotopic (exact) mass is 335 g/mol. The number of hydrogen-bond acceptors (Lipinski definition) is 4. The van der Waals surface area contributed by atoms with Gasteiger partial charge in [0, 0.05) is 5.02 Å². The molecule has 120 valence electrons. The fourth-order valence-corrected chi connectivity index (χ4v) is 2.04. The number of hydrogen-bond donors (Lipinski definition) is 2. The van der Waals surface area contributed by atoms with E-state index in [9.17, 15) is 9.59 Å². The summed E-state index contributed by atoms with van der Waals surface area (Å²) in [5, 5.41) is 12.0. The predicted octanol–water partition coefficient (Wildman–Crippen LogP) is 3.06. The second-order valence-corrected chi connectivity index (χ2v) is 4.92. The van der Waals surface area contributed by atoms with Crippen molar-refractivity contribution < 1.29 is 24.2 Å². The van der Waals surface area contributed by atoms with E-state index < -0.39 is 11.9 Å². The summed E-state index contributed by atoms with van der Waals surface area (Å²) in [6, 6.07) is 11.1. The van der Waals surface area contributed by atoms with Crippen molar-refractivity contribution in [1.82, 2.24) is 0 Å². The van der Waals surface area contributed by atoms with Gasteiger partial charge in [-0.3, -0.25) is 4.79 Å². The molecular weight excluding hydrogens is 322 g/mol. The topological polar surface area (TPSA) is 84.9 Å². The number of carbonyl (C=O) groups excluding carboxylic acids is 1. The summed E-state index contributed by atoms with van der Waals surface area (Å²) >= 11 is 5.75. The van der Waals surface area contributed by atoms with E-state index in [1.54, 1.807) is 24.3 Å². The number of para-hydroxylation sites is 2. The molecule has 0 unspecified atom stereocenters. The Morgan fingerprint density at radius 3 is 2.61 bits per heavy atom. The van der Waals surface area contributed by atoms with Gasteiger partial charge in [-0.2, -0.15) is 0 Å². The number of carboxylic acids is 1. The van der Waals surface area contributed by atoms with Crippen molar-refractivity contribution in [3.05, 3.63) is 53.1 Å². The van der Waals surface area contributed by atoms with Crippen molar-refractivity contribution in [2.24, 2.45) is 0 Å². The highest BCUT2D eigenvalue weighted by Gasteiger charge is 2.14. The number of rotatable bonds is 6. The first kappa shape index (κ1) is 16.6. The Morgan fingerprint density at radius 1 is 1.17 bits per heavy atom. The quantitative estimate of drug-likeness (QED) is 0.847. The van der Waals surface area contributed by atoms with Gasteiger partial charge in [-0.15, -0.1) is 0 Å². The third-order valence-electron chi connectivity index (χ3n) is 2.91. The van der Waals surface area contributed by atoms with E-state index in [-0.39, 0.29) is 22.9 Å². The van der Waals surface area contributed by atoms with Gasteiger partial charge in [0.1, 0.15) is 17.1 Å². The Balaban J connectivity index is 2.04. The number of halogens is 1. The molecule has 0 spiro atoms. The van der Waals surface area contributed by atoms with Crippen LogP contribution in [0.15, 0.2) is 42.5 Å². The SMILES string of the molecule is COc1ccccc1NC(=O)COc1ccc(Cl)cc1C(=O)O. The fourth-order valence-electron chi connectivity index (χ4n) is 1.87. The zero-order chi connectivity index (χ0) is 16.8. The molecule has 0 fully saturated rings. The molecule has 7 heteroatoms. The molecule has 0 heterocycles. The summed E-state index contributed by atoms with van der Waals surface area (Å²) in [6.07, 6.45) is 0. The molecule has 2 rings (SSSR count). The van der Waals surface area contributed by atoms with Gasteiger partial charge in [-0.25, -0.2) is 4.79 Å². The first-order valence-electron chi connectivity index (χ1n) is 6.59. The normalized spacial score (nSPS) is 10.0. The third-order valence-corrected chi connectivity index (χ3v) is 3.15. The lowest BCUT2D eigenvalue weighted by Crippen LogP contribution is -2.21. The summed E-state index contributed by atoms with van der Waals surface area (Å²) in [4.78, 5) is 23.1. The van der Waals surface area contributed by atoms with Crippen LogP contribution in [0.1, 0.15) is 10.4 Å². The van der Waals surface area contributed by atoms with E-state index in [1.165, 1.54) is 25.3 Å². The van der Waals surface area contributed by atoms with Gasteiger partial charge in [0.05, 0.1) is 12.8 Å². The highest BCUT2D eigenvalue weighted by atomic mass is 35.5. The first-order chi connectivity index (χ1) is 11.0. The maximum absolute atomic E-state index is 11.9. The minimum absolute atomic E-state index is 0.0667. The van der Waals surface area contributed by atoms with Crippen LogP contribution in [0.3, 0.4) is 0 Å². The van der Waals surface area contributed by atoms with Crippen molar-refractivity contribution in [3.63, 3.8) is 0 Å². The van der Waals surface area contributed by atoms with Crippen molar-refractivity contribution in [1.29, 1.82) is 0 Å². The smallest absolute Gasteiger partial charge is 0.339 e. The number of aromatic carboxylic acids is 1. The number of ether oxygens (including phenoxy) is 2.